The summed E-state index contributed by atoms with van der Waals surface area (Å²) in [6, 6.07) is -0.942. The van der Waals surface area contributed by atoms with Crippen LogP contribution in [-0.2, 0) is 9.59 Å². The van der Waals surface area contributed by atoms with Gasteiger partial charge in [0.15, 0.2) is 0 Å². The summed E-state index contributed by atoms with van der Waals surface area (Å²) in [5.74, 6) is -1.26. The van der Waals surface area contributed by atoms with Gasteiger partial charge in [0.1, 0.15) is 6.04 Å². The first-order valence-corrected chi connectivity index (χ1v) is 7.09. The summed E-state index contributed by atoms with van der Waals surface area (Å²) in [4.78, 5) is 21.8. The number of hydrogen-bond acceptors (Lipinski definition) is 4. The zero-order valence-corrected chi connectivity index (χ0v) is 12.1. The van der Waals surface area contributed by atoms with E-state index in [1.807, 2.05) is 0 Å². The summed E-state index contributed by atoms with van der Waals surface area (Å²) in [7, 11) is 0. The van der Waals surface area contributed by atoms with Gasteiger partial charge in [0, 0.05) is 17.2 Å². The zero-order valence-electron chi connectivity index (χ0n) is 9.67. The molecule has 0 heterocycles. The molecule has 18 heavy (non-hydrogen) atoms. The Balaban J connectivity index is 2.50. The van der Waals surface area contributed by atoms with Gasteiger partial charge in [0.2, 0.25) is 5.91 Å². The van der Waals surface area contributed by atoms with Crippen LogP contribution < -0.4 is 5.32 Å². The average molecular weight is 336 g/mol. The maximum Gasteiger partial charge on any atom is 0.327 e. The second kappa shape index (κ2) is 6.96. The van der Waals surface area contributed by atoms with Gasteiger partial charge in [-0.2, -0.15) is 0 Å². The number of thioether (sulfide) groups is 1. The van der Waals surface area contributed by atoms with E-state index in [0.29, 0.717) is 0 Å². The van der Waals surface area contributed by atoms with Crippen molar-refractivity contribution >= 4 is 39.6 Å². The molecule has 0 fully saturated rings. The van der Waals surface area contributed by atoms with Crippen LogP contribution in [0.4, 0.5) is 0 Å². The van der Waals surface area contributed by atoms with Gasteiger partial charge < -0.3 is 15.5 Å². The second-order valence-corrected chi connectivity index (χ2v) is 5.92. The van der Waals surface area contributed by atoms with Gasteiger partial charge in [-0.1, -0.05) is 28.1 Å². The number of aliphatic hydroxyl groups is 1. The zero-order chi connectivity index (χ0) is 13.7. The van der Waals surface area contributed by atoms with Gasteiger partial charge in [-0.3, -0.25) is 4.79 Å². The van der Waals surface area contributed by atoms with Crippen LogP contribution in [0, 0.1) is 0 Å². The molecule has 7 heteroatoms. The first-order valence-electron chi connectivity index (χ1n) is 5.25. The highest BCUT2D eigenvalue weighted by atomic mass is 79.9. The van der Waals surface area contributed by atoms with Crippen LogP contribution in [0.3, 0.4) is 0 Å². The Morgan fingerprint density at radius 3 is 2.78 bits per heavy atom. The Bertz CT molecular complexity index is 397. The molecule has 100 valence electrons. The van der Waals surface area contributed by atoms with E-state index in [1.54, 1.807) is 18.2 Å². The average Bonchev–Trinajstić information content (AvgIpc) is 2.25. The number of amides is 1. The van der Waals surface area contributed by atoms with Gasteiger partial charge in [0.05, 0.1) is 11.4 Å². The molecule has 0 radical (unpaired) electrons. The fourth-order valence-electron chi connectivity index (χ4n) is 1.40. The maximum absolute atomic E-state index is 10.9. The Kier molecular flexibility index (Phi) is 5.90. The van der Waals surface area contributed by atoms with Crippen LogP contribution in [0.15, 0.2) is 22.7 Å². The van der Waals surface area contributed by atoms with E-state index in [1.165, 1.54) is 18.7 Å². The molecule has 0 aromatic heterocycles. The van der Waals surface area contributed by atoms with Gasteiger partial charge >= 0.3 is 5.97 Å². The molecule has 0 bridgehead atoms. The largest absolute Gasteiger partial charge is 0.480 e. The normalized spacial score (nSPS) is 24.3. The van der Waals surface area contributed by atoms with E-state index in [0.717, 1.165) is 4.48 Å². The van der Waals surface area contributed by atoms with Crippen molar-refractivity contribution in [2.75, 3.05) is 5.75 Å². The van der Waals surface area contributed by atoms with Crippen molar-refractivity contribution < 1.29 is 19.8 Å². The van der Waals surface area contributed by atoms with Gasteiger partial charge in [0.25, 0.3) is 0 Å². The summed E-state index contributed by atoms with van der Waals surface area (Å²) in [5, 5.41) is 20.8. The Hall–Kier alpha value is -0.790. The minimum absolute atomic E-state index is 0.201. The van der Waals surface area contributed by atoms with Crippen molar-refractivity contribution in [3.8, 4) is 0 Å². The molecule has 1 amide bonds. The number of rotatable bonds is 5. The number of nitrogens with one attached hydrogen (secondary N) is 1. The number of aliphatic hydroxyl groups excluding tert-OH is 1. The molecule has 0 spiro atoms. The van der Waals surface area contributed by atoms with Crippen molar-refractivity contribution in [3.63, 3.8) is 0 Å². The SMILES string of the molecule is CC(=O)N[C@@H](CSC1C=CC(Br)=CC1O)C(=O)O. The van der Waals surface area contributed by atoms with E-state index in [4.69, 9.17) is 5.11 Å². The Morgan fingerprint density at radius 2 is 2.28 bits per heavy atom. The molecule has 0 saturated heterocycles. The molecule has 3 atom stereocenters. The molecule has 1 aliphatic carbocycles. The van der Waals surface area contributed by atoms with Crippen LogP contribution >= 0.6 is 27.7 Å². The van der Waals surface area contributed by atoms with E-state index in [9.17, 15) is 14.7 Å². The first-order chi connectivity index (χ1) is 8.40. The molecule has 3 N–H and O–H groups in total. The van der Waals surface area contributed by atoms with E-state index in [2.05, 4.69) is 21.2 Å². The number of allylic oxidation sites excluding steroid dienone is 2. The van der Waals surface area contributed by atoms with Crippen LogP contribution in [-0.4, -0.2) is 45.2 Å². The number of hydrogen-bond donors (Lipinski definition) is 3. The van der Waals surface area contributed by atoms with Crippen molar-refractivity contribution in [1.82, 2.24) is 5.32 Å². The molecule has 5 nitrogen and oxygen atoms in total. The molecular formula is C11H14BrNO4S. The quantitative estimate of drug-likeness (QED) is 0.694. The van der Waals surface area contributed by atoms with Gasteiger partial charge in [-0.05, 0) is 6.08 Å². The third-order valence-corrected chi connectivity index (χ3v) is 4.12. The molecule has 0 aromatic carbocycles. The summed E-state index contributed by atoms with van der Waals surface area (Å²) in [6.45, 7) is 1.27. The molecule has 1 aliphatic rings. The van der Waals surface area contributed by atoms with Crippen molar-refractivity contribution in [3.05, 3.63) is 22.7 Å². The third kappa shape index (κ3) is 4.83. The predicted molar refractivity (Wildman–Crippen MR) is 73.6 cm³/mol. The van der Waals surface area contributed by atoms with Crippen molar-refractivity contribution in [2.45, 2.75) is 24.3 Å². The lowest BCUT2D eigenvalue weighted by Gasteiger charge is -2.22. The number of carboxylic acids is 1. The smallest absolute Gasteiger partial charge is 0.327 e. The Labute approximate surface area is 117 Å². The number of halogens is 1. The highest BCUT2D eigenvalue weighted by Gasteiger charge is 2.23. The highest BCUT2D eigenvalue weighted by molar-refractivity contribution is 9.11. The van der Waals surface area contributed by atoms with E-state index >= 15 is 0 Å². The summed E-state index contributed by atoms with van der Waals surface area (Å²) in [6.07, 6.45) is 4.58. The summed E-state index contributed by atoms with van der Waals surface area (Å²) >= 11 is 4.53. The molecule has 2 unspecified atom stereocenters. The lowest BCUT2D eigenvalue weighted by Crippen LogP contribution is -2.42. The number of carbonyl (C=O) groups excluding carboxylic acids is 1. The highest BCUT2D eigenvalue weighted by Crippen LogP contribution is 2.25. The van der Waals surface area contributed by atoms with Crippen molar-refractivity contribution in [2.24, 2.45) is 0 Å². The standard InChI is InChI=1S/C11H14BrNO4S/c1-6(14)13-8(11(16)17)5-18-10-3-2-7(12)4-9(10)15/h2-4,8-10,15H,5H2,1H3,(H,13,14)(H,16,17)/t8-,9?,10?/m0/s1. The number of carboxylic acid groups (broad SMARTS) is 1. The lowest BCUT2D eigenvalue weighted by atomic mass is 10.1. The van der Waals surface area contributed by atoms with Gasteiger partial charge in [-0.15, -0.1) is 11.8 Å². The summed E-state index contributed by atoms with van der Waals surface area (Å²) in [5.41, 5.74) is 0. The van der Waals surface area contributed by atoms with E-state index < -0.39 is 18.1 Å². The van der Waals surface area contributed by atoms with E-state index in [-0.39, 0.29) is 16.9 Å². The van der Waals surface area contributed by atoms with Crippen LogP contribution in [0.1, 0.15) is 6.92 Å². The monoisotopic (exact) mass is 335 g/mol. The predicted octanol–water partition coefficient (Wildman–Crippen LogP) is 0.887. The molecule has 0 saturated carbocycles. The van der Waals surface area contributed by atoms with Crippen molar-refractivity contribution in [1.29, 1.82) is 0 Å². The minimum Gasteiger partial charge on any atom is -0.480 e. The minimum atomic E-state index is -1.08. The molecule has 0 aromatic rings. The number of carbonyl (C=O) groups is 2. The molecule has 0 aliphatic heterocycles. The fourth-order valence-corrected chi connectivity index (χ4v) is 2.93. The Morgan fingerprint density at radius 1 is 1.61 bits per heavy atom. The summed E-state index contributed by atoms with van der Waals surface area (Å²) < 4.78 is 0.795. The second-order valence-electron chi connectivity index (χ2n) is 3.79. The lowest BCUT2D eigenvalue weighted by molar-refractivity contribution is -0.140. The maximum atomic E-state index is 10.9. The number of aliphatic carboxylic acids is 1. The van der Waals surface area contributed by atoms with Crippen LogP contribution in [0.25, 0.3) is 0 Å². The first kappa shape index (κ1) is 15.3. The third-order valence-electron chi connectivity index (χ3n) is 2.24. The van der Waals surface area contributed by atoms with Crippen LogP contribution in [0.5, 0.6) is 0 Å². The topological polar surface area (TPSA) is 86.6 Å². The molecular weight excluding hydrogens is 322 g/mol. The molecule has 1 rings (SSSR count). The van der Waals surface area contributed by atoms with Gasteiger partial charge in [-0.25, -0.2) is 4.79 Å². The fraction of sp³-hybridized carbons (Fsp3) is 0.455. The van der Waals surface area contributed by atoms with Crippen LogP contribution in [0.2, 0.25) is 0 Å².